The first kappa shape index (κ1) is 37.1. The minimum Gasteiger partial charge on any atom is -0.497 e. The Kier molecular flexibility index (Phi) is 9.71. The van der Waals surface area contributed by atoms with Crippen LogP contribution in [0.5, 0.6) is 11.5 Å². The second-order valence-corrected chi connectivity index (χ2v) is 18.6. The molecule has 0 radical (unpaired) electrons. The number of allylic oxidation sites excluding steroid dienone is 1. The van der Waals surface area contributed by atoms with Crippen LogP contribution >= 0.6 is 11.3 Å². The zero-order valence-corrected chi connectivity index (χ0v) is 32.7. The third-order valence-corrected chi connectivity index (χ3v) is 14.2. The molecule has 4 heterocycles. The Bertz CT molecular complexity index is 2090. The molecule has 2 saturated carbocycles. The van der Waals surface area contributed by atoms with Gasteiger partial charge in [-0.2, -0.15) is 0 Å². The summed E-state index contributed by atoms with van der Waals surface area (Å²) in [4.78, 5) is 55.0. The van der Waals surface area contributed by atoms with Crippen LogP contribution in [0.15, 0.2) is 35.7 Å². The summed E-state index contributed by atoms with van der Waals surface area (Å²) in [5.41, 5.74) is 1.78. The van der Waals surface area contributed by atoms with E-state index in [-0.39, 0.29) is 37.1 Å². The van der Waals surface area contributed by atoms with Crippen molar-refractivity contribution in [2.75, 3.05) is 27.2 Å². The first-order valence-corrected chi connectivity index (χ1v) is 20.7. The lowest BCUT2D eigenvalue weighted by molar-refractivity contribution is -0.134. The van der Waals surface area contributed by atoms with Crippen molar-refractivity contribution in [1.29, 1.82) is 0 Å². The SMILES string of the molecule is COc1cc(C)c2nc(-c3nc(C(C)C)cs3)cc(O[C@H]3C[C@H]4C(=O)N(C)CCCC/C=C\[C@@H]5C[C@@]5(C(=O)NS(=O)(=O)C5(C)CC5)NC(=O)N4C3)c2c1. The number of urea groups is 1. The molecule has 4 atom stereocenters. The number of hydrogen-bond donors (Lipinski definition) is 2. The number of aromatic nitrogens is 2. The number of carbonyl (C=O) groups excluding carboxylic acids is 3. The number of amides is 4. The van der Waals surface area contributed by atoms with Gasteiger partial charge < -0.3 is 24.6 Å². The topological polar surface area (TPSA) is 160 Å². The first-order valence-electron chi connectivity index (χ1n) is 18.3. The Hall–Kier alpha value is -4.24. The van der Waals surface area contributed by atoms with Gasteiger partial charge in [0.25, 0.3) is 5.91 Å². The number of fused-ring (bicyclic) bond motifs is 3. The predicted octanol–water partition coefficient (Wildman–Crippen LogP) is 5.29. The molecule has 0 spiro atoms. The van der Waals surface area contributed by atoms with Gasteiger partial charge in [0.2, 0.25) is 15.9 Å². The number of sulfonamides is 1. The van der Waals surface area contributed by atoms with Crippen molar-refractivity contribution in [2.24, 2.45) is 5.92 Å². The number of nitrogens with zero attached hydrogens (tertiary/aromatic N) is 4. The van der Waals surface area contributed by atoms with Gasteiger partial charge in [0.1, 0.15) is 39.9 Å². The summed E-state index contributed by atoms with van der Waals surface area (Å²) in [5.74, 6) is 0.0469. The molecule has 2 aliphatic heterocycles. The van der Waals surface area contributed by atoms with Crippen molar-refractivity contribution in [3.63, 3.8) is 0 Å². The minimum absolute atomic E-state index is 0.0570. The highest BCUT2D eigenvalue weighted by Crippen LogP contribution is 2.47. The number of methoxy groups -OCH3 is 1. The van der Waals surface area contributed by atoms with Crippen LogP contribution in [0.1, 0.15) is 82.9 Å². The molecule has 0 bridgehead atoms. The highest BCUT2D eigenvalue weighted by Gasteiger charge is 2.63. The summed E-state index contributed by atoms with van der Waals surface area (Å²) in [6.07, 6.45) is 7.00. The minimum atomic E-state index is -3.94. The van der Waals surface area contributed by atoms with E-state index in [1.165, 1.54) is 16.2 Å². The molecule has 2 aliphatic carbocycles. The molecule has 284 valence electrons. The third-order valence-electron chi connectivity index (χ3n) is 11.1. The summed E-state index contributed by atoms with van der Waals surface area (Å²) in [5, 5.41) is 6.41. The van der Waals surface area contributed by atoms with E-state index in [1.54, 1.807) is 26.0 Å². The lowest BCUT2D eigenvalue weighted by atomic mass is 10.1. The molecule has 53 heavy (non-hydrogen) atoms. The van der Waals surface area contributed by atoms with E-state index in [1.807, 2.05) is 42.7 Å². The van der Waals surface area contributed by atoms with Gasteiger partial charge in [-0.05, 0) is 76.0 Å². The normalized spacial score (nSPS) is 26.4. The molecular formula is C38H48N6O7S2. The molecular weight excluding hydrogens is 717 g/mol. The van der Waals surface area contributed by atoms with Gasteiger partial charge in [-0.1, -0.05) is 26.0 Å². The summed E-state index contributed by atoms with van der Waals surface area (Å²) < 4.78 is 39.8. The summed E-state index contributed by atoms with van der Waals surface area (Å²) >= 11 is 1.51. The van der Waals surface area contributed by atoms with Gasteiger partial charge in [-0.15, -0.1) is 11.3 Å². The summed E-state index contributed by atoms with van der Waals surface area (Å²) in [7, 11) is -0.606. The van der Waals surface area contributed by atoms with Crippen molar-refractivity contribution >= 4 is 50.1 Å². The van der Waals surface area contributed by atoms with Crippen LogP contribution in [-0.4, -0.2) is 95.7 Å². The number of likely N-dealkylation sites (N-methyl/N-ethyl adjacent to an activating group) is 1. The molecule has 4 aliphatic rings. The largest absolute Gasteiger partial charge is 0.497 e. The van der Waals surface area contributed by atoms with Crippen LogP contribution in [0, 0.1) is 12.8 Å². The van der Waals surface area contributed by atoms with Crippen LogP contribution in [-0.2, 0) is 19.6 Å². The Balaban J connectivity index is 1.21. The zero-order valence-electron chi connectivity index (χ0n) is 31.1. The molecule has 2 N–H and O–H groups in total. The molecule has 4 amide bonds. The average molecular weight is 765 g/mol. The summed E-state index contributed by atoms with van der Waals surface area (Å²) in [6.45, 7) is 8.33. The van der Waals surface area contributed by atoms with Crippen LogP contribution in [0.4, 0.5) is 4.79 Å². The molecule has 7 rings (SSSR count). The number of rotatable bonds is 8. The number of hydrogen-bond acceptors (Lipinski definition) is 10. The quantitative estimate of drug-likeness (QED) is 0.291. The second-order valence-electron chi connectivity index (χ2n) is 15.5. The van der Waals surface area contributed by atoms with E-state index in [4.69, 9.17) is 19.4 Å². The van der Waals surface area contributed by atoms with Crippen molar-refractivity contribution in [3.8, 4) is 22.2 Å². The molecule has 3 fully saturated rings. The fourth-order valence-corrected chi connectivity index (χ4v) is 9.47. The van der Waals surface area contributed by atoms with Gasteiger partial charge in [0, 0.05) is 42.8 Å². The van der Waals surface area contributed by atoms with E-state index in [0.717, 1.165) is 46.4 Å². The number of ether oxygens (including phenoxy) is 2. The number of carbonyl (C=O) groups is 3. The maximum Gasteiger partial charge on any atom is 0.319 e. The maximum atomic E-state index is 14.3. The standard InChI is InChI=1S/C38H48N6O7S2/c1-22(2)29-21-52-33(40-29)28-18-31(27-16-25(50-6)15-23(3)32(27)39-28)51-26-17-30-34(45)43(5)14-10-8-7-9-11-24-19-38(24,41-36(47)44(30)20-26)35(46)42-53(48,49)37(4)12-13-37/h9,11,15-16,18,21-22,24,26,30H,7-8,10,12-14,17,19-20H2,1-6H3,(H,41,47)(H,42,46)/b11-9-/t24-,26+,30+,38-/m1/s1. The van der Waals surface area contributed by atoms with E-state index >= 15 is 0 Å². The molecule has 1 aromatic carbocycles. The highest BCUT2D eigenvalue weighted by atomic mass is 32.2. The number of thiazole rings is 1. The van der Waals surface area contributed by atoms with Gasteiger partial charge in [0.05, 0.1) is 29.6 Å². The highest BCUT2D eigenvalue weighted by molar-refractivity contribution is 7.91. The third kappa shape index (κ3) is 7.09. The summed E-state index contributed by atoms with van der Waals surface area (Å²) in [6, 6.07) is 4.14. The number of benzene rings is 1. The molecule has 0 unspecified atom stereocenters. The van der Waals surface area contributed by atoms with E-state index in [2.05, 4.69) is 23.9 Å². The van der Waals surface area contributed by atoms with E-state index < -0.39 is 44.4 Å². The van der Waals surface area contributed by atoms with Crippen LogP contribution < -0.4 is 19.5 Å². The van der Waals surface area contributed by atoms with Crippen LogP contribution in [0.3, 0.4) is 0 Å². The zero-order chi connectivity index (χ0) is 37.9. The predicted molar refractivity (Wildman–Crippen MR) is 202 cm³/mol. The smallest absolute Gasteiger partial charge is 0.319 e. The Morgan fingerprint density at radius 1 is 1.15 bits per heavy atom. The van der Waals surface area contributed by atoms with Crippen molar-refractivity contribution < 1.29 is 32.3 Å². The van der Waals surface area contributed by atoms with Gasteiger partial charge in [-0.25, -0.2) is 23.2 Å². The van der Waals surface area contributed by atoms with Crippen molar-refractivity contribution in [1.82, 2.24) is 29.8 Å². The average Bonchev–Trinajstić information content (AvgIpc) is 3.89. The van der Waals surface area contributed by atoms with Crippen LogP contribution in [0.25, 0.3) is 21.6 Å². The number of pyridine rings is 1. The lowest BCUT2D eigenvalue weighted by Crippen LogP contribution is -2.58. The Morgan fingerprint density at radius 2 is 1.92 bits per heavy atom. The molecule has 2 aromatic heterocycles. The molecule has 13 nitrogen and oxygen atoms in total. The monoisotopic (exact) mass is 764 g/mol. The molecule has 3 aromatic rings. The van der Waals surface area contributed by atoms with Gasteiger partial charge in [0.15, 0.2) is 0 Å². The Morgan fingerprint density at radius 3 is 2.62 bits per heavy atom. The second kappa shape index (κ2) is 13.9. The van der Waals surface area contributed by atoms with Crippen molar-refractivity contribution in [2.45, 2.75) is 101 Å². The van der Waals surface area contributed by atoms with Gasteiger partial charge >= 0.3 is 6.03 Å². The fraction of sp³-hybridized carbons (Fsp3) is 0.553. The maximum absolute atomic E-state index is 14.3. The fourth-order valence-electron chi connectivity index (χ4n) is 7.21. The molecule has 1 saturated heterocycles. The van der Waals surface area contributed by atoms with E-state index in [0.29, 0.717) is 36.6 Å². The lowest BCUT2D eigenvalue weighted by Gasteiger charge is -2.30. The van der Waals surface area contributed by atoms with Crippen LogP contribution in [0.2, 0.25) is 0 Å². The Labute approximate surface area is 314 Å². The van der Waals surface area contributed by atoms with Crippen molar-refractivity contribution in [3.05, 3.63) is 47.0 Å². The van der Waals surface area contributed by atoms with Gasteiger partial charge in [-0.3, -0.25) is 14.3 Å². The van der Waals surface area contributed by atoms with E-state index in [9.17, 15) is 22.8 Å². The molecule has 15 heteroatoms. The number of nitrogens with one attached hydrogen (secondary N) is 2. The first-order chi connectivity index (χ1) is 25.1. The number of aryl methyl sites for hydroxylation is 1.